The van der Waals surface area contributed by atoms with Crippen molar-refractivity contribution in [2.75, 3.05) is 26.2 Å². The number of carboxylic acids is 1. The summed E-state index contributed by atoms with van der Waals surface area (Å²) in [5, 5.41) is 9.60. The zero-order chi connectivity index (χ0) is 22.2. The zero-order valence-electron chi connectivity index (χ0n) is 18.0. The lowest BCUT2D eigenvalue weighted by Crippen LogP contribution is -2.53. The van der Waals surface area contributed by atoms with Crippen LogP contribution in [0.4, 0.5) is 0 Å². The molecule has 1 saturated heterocycles. The van der Waals surface area contributed by atoms with Crippen molar-refractivity contribution >= 4 is 21.9 Å². The number of hydrogen-bond donors (Lipinski definition) is 1. The summed E-state index contributed by atoms with van der Waals surface area (Å²) in [7, 11) is -3.62. The Hall–Kier alpha value is -2.19. The summed E-state index contributed by atoms with van der Waals surface area (Å²) in [5.41, 5.74) is 4.06. The normalized spacial score (nSPS) is 23.5. The molecule has 1 aliphatic heterocycles. The van der Waals surface area contributed by atoms with Crippen LogP contribution in [0, 0.1) is 25.7 Å². The molecule has 0 aromatic heterocycles. The van der Waals surface area contributed by atoms with Crippen LogP contribution in [-0.2, 0) is 19.6 Å². The minimum atomic E-state index is -3.62. The van der Waals surface area contributed by atoms with E-state index in [0.29, 0.717) is 12.8 Å². The molecule has 1 aromatic rings. The Labute approximate surface area is 178 Å². The van der Waals surface area contributed by atoms with E-state index >= 15 is 0 Å². The Morgan fingerprint density at radius 3 is 2.00 bits per heavy atom. The molecule has 7 nitrogen and oxygen atoms in total. The van der Waals surface area contributed by atoms with Crippen LogP contribution in [-0.4, -0.2) is 60.8 Å². The highest BCUT2D eigenvalue weighted by atomic mass is 32.2. The molecule has 0 spiro atoms. The lowest BCUT2D eigenvalue weighted by Gasteiger charge is -2.38. The summed E-state index contributed by atoms with van der Waals surface area (Å²) in [5.74, 6) is -2.44. The van der Waals surface area contributed by atoms with E-state index in [1.165, 1.54) is 4.31 Å². The number of allylic oxidation sites excluding steroid dienone is 2. The first kappa shape index (κ1) is 22.5. The van der Waals surface area contributed by atoms with E-state index < -0.39 is 27.8 Å². The van der Waals surface area contributed by atoms with E-state index in [1.807, 2.05) is 27.7 Å². The minimum absolute atomic E-state index is 0.183. The van der Waals surface area contributed by atoms with Crippen LogP contribution in [0.25, 0.3) is 0 Å². The van der Waals surface area contributed by atoms with Crippen LogP contribution in [0.1, 0.15) is 37.8 Å². The molecule has 0 bridgehead atoms. The van der Waals surface area contributed by atoms with Crippen molar-refractivity contribution in [3.63, 3.8) is 0 Å². The summed E-state index contributed by atoms with van der Waals surface area (Å²) in [6.45, 7) is 8.64. The van der Waals surface area contributed by atoms with Crippen LogP contribution in [0.3, 0.4) is 0 Å². The average molecular weight is 435 g/mol. The molecule has 8 heteroatoms. The Morgan fingerprint density at radius 2 is 1.47 bits per heavy atom. The molecule has 2 aliphatic rings. The average Bonchev–Trinajstić information content (AvgIpc) is 2.71. The molecule has 30 heavy (non-hydrogen) atoms. The van der Waals surface area contributed by atoms with Gasteiger partial charge in [0.15, 0.2) is 0 Å². The first-order chi connectivity index (χ1) is 14.0. The van der Waals surface area contributed by atoms with E-state index in [2.05, 4.69) is 0 Å². The van der Waals surface area contributed by atoms with Gasteiger partial charge in [0.1, 0.15) is 0 Å². The number of aliphatic carboxylic acids is 1. The third-order valence-electron chi connectivity index (χ3n) is 6.57. The first-order valence-corrected chi connectivity index (χ1v) is 11.7. The number of carboxylic acid groups (broad SMARTS) is 1. The molecule has 3 rings (SSSR count). The van der Waals surface area contributed by atoms with E-state index in [0.717, 1.165) is 22.3 Å². The topological polar surface area (TPSA) is 95.0 Å². The Kier molecular flexibility index (Phi) is 6.38. The molecule has 1 heterocycles. The Morgan fingerprint density at radius 1 is 0.900 bits per heavy atom. The molecule has 1 fully saturated rings. The molecule has 1 aromatic carbocycles. The summed E-state index contributed by atoms with van der Waals surface area (Å²) < 4.78 is 27.4. The molecule has 0 radical (unpaired) electrons. The van der Waals surface area contributed by atoms with Crippen molar-refractivity contribution in [2.45, 2.75) is 45.4 Å². The summed E-state index contributed by atoms with van der Waals surface area (Å²) in [6.07, 6.45) is 0.835. The number of rotatable bonds is 4. The highest BCUT2D eigenvalue weighted by Crippen LogP contribution is 2.35. The lowest BCUT2D eigenvalue weighted by atomic mass is 9.76. The van der Waals surface area contributed by atoms with Crippen molar-refractivity contribution in [3.8, 4) is 0 Å². The van der Waals surface area contributed by atoms with Gasteiger partial charge in [-0.05, 0) is 63.8 Å². The van der Waals surface area contributed by atoms with Crippen molar-refractivity contribution < 1.29 is 23.1 Å². The van der Waals surface area contributed by atoms with Gasteiger partial charge in [0.25, 0.3) is 0 Å². The second kappa shape index (κ2) is 8.51. The molecule has 1 amide bonds. The van der Waals surface area contributed by atoms with Gasteiger partial charge >= 0.3 is 5.97 Å². The van der Waals surface area contributed by atoms with E-state index in [9.17, 15) is 23.1 Å². The fourth-order valence-corrected chi connectivity index (χ4v) is 5.73. The van der Waals surface area contributed by atoms with Gasteiger partial charge in [-0.3, -0.25) is 9.59 Å². The molecule has 0 unspecified atom stereocenters. The quantitative estimate of drug-likeness (QED) is 0.735. The number of hydrogen-bond acceptors (Lipinski definition) is 4. The molecule has 1 N–H and O–H groups in total. The number of carbonyl (C=O) groups excluding carboxylic acids is 1. The van der Waals surface area contributed by atoms with E-state index in [1.54, 1.807) is 23.1 Å². The maximum absolute atomic E-state index is 13.1. The maximum atomic E-state index is 13.1. The van der Waals surface area contributed by atoms with E-state index in [-0.39, 0.29) is 37.0 Å². The maximum Gasteiger partial charge on any atom is 0.307 e. The highest BCUT2D eigenvalue weighted by molar-refractivity contribution is 7.89. The van der Waals surface area contributed by atoms with Gasteiger partial charge in [-0.1, -0.05) is 17.2 Å². The molecule has 2 atom stereocenters. The van der Waals surface area contributed by atoms with Crippen molar-refractivity contribution in [1.29, 1.82) is 0 Å². The minimum Gasteiger partial charge on any atom is -0.481 e. The van der Waals surface area contributed by atoms with Gasteiger partial charge in [0, 0.05) is 26.2 Å². The van der Waals surface area contributed by atoms with Crippen LogP contribution < -0.4 is 0 Å². The van der Waals surface area contributed by atoms with Crippen LogP contribution in [0.2, 0.25) is 0 Å². The molecule has 164 valence electrons. The fourth-order valence-electron chi connectivity index (χ4n) is 4.22. The van der Waals surface area contributed by atoms with Gasteiger partial charge < -0.3 is 10.0 Å². The van der Waals surface area contributed by atoms with E-state index in [4.69, 9.17) is 0 Å². The largest absolute Gasteiger partial charge is 0.481 e. The molecule has 0 saturated carbocycles. The zero-order valence-corrected chi connectivity index (χ0v) is 18.8. The van der Waals surface area contributed by atoms with Crippen molar-refractivity contribution in [2.24, 2.45) is 11.8 Å². The van der Waals surface area contributed by atoms with Crippen LogP contribution in [0.15, 0.2) is 34.2 Å². The molecule has 1 aliphatic carbocycles. The van der Waals surface area contributed by atoms with Gasteiger partial charge in [0.05, 0.1) is 16.7 Å². The van der Waals surface area contributed by atoms with Crippen molar-refractivity contribution in [1.82, 2.24) is 9.21 Å². The monoisotopic (exact) mass is 434 g/mol. The lowest BCUT2D eigenvalue weighted by molar-refractivity contribution is -0.151. The standard InChI is InChI=1S/C22H30N2O5S/c1-14-5-6-18(11-15(14)2)30(28,29)24-9-7-23(8-10-24)21(25)19-12-16(3)17(4)13-20(19)22(26)27/h5-6,11,19-20H,7-10,12-13H2,1-4H3,(H,26,27)/t19-,20+/m1/s1. The Balaban J connectivity index is 1.71. The first-order valence-electron chi connectivity index (χ1n) is 10.3. The third-order valence-corrected chi connectivity index (χ3v) is 8.46. The number of amides is 1. The highest BCUT2D eigenvalue weighted by Gasteiger charge is 2.40. The molecular formula is C22H30N2O5S. The van der Waals surface area contributed by atoms with Gasteiger partial charge in [0.2, 0.25) is 15.9 Å². The van der Waals surface area contributed by atoms with Crippen LogP contribution >= 0.6 is 0 Å². The Bertz CT molecular complexity index is 991. The number of carbonyl (C=O) groups is 2. The second-order valence-corrected chi connectivity index (χ2v) is 10.4. The van der Waals surface area contributed by atoms with Crippen molar-refractivity contribution in [3.05, 3.63) is 40.5 Å². The van der Waals surface area contributed by atoms with Gasteiger partial charge in [-0.15, -0.1) is 0 Å². The fraction of sp³-hybridized carbons (Fsp3) is 0.545. The third kappa shape index (κ3) is 4.30. The number of sulfonamides is 1. The summed E-state index contributed by atoms with van der Waals surface area (Å²) >= 11 is 0. The van der Waals surface area contributed by atoms with Crippen LogP contribution in [0.5, 0.6) is 0 Å². The number of benzene rings is 1. The predicted molar refractivity (Wildman–Crippen MR) is 113 cm³/mol. The smallest absolute Gasteiger partial charge is 0.307 e. The second-order valence-electron chi connectivity index (χ2n) is 8.50. The number of piperazine rings is 1. The van der Waals surface area contributed by atoms with Gasteiger partial charge in [-0.25, -0.2) is 8.42 Å². The summed E-state index contributed by atoms with van der Waals surface area (Å²) in [6, 6.07) is 5.10. The SMILES string of the molecule is CC1=C(C)C[C@@H](C(=O)N2CCN(S(=O)(=O)c3ccc(C)c(C)c3)CC2)[C@@H](C(=O)O)C1. The predicted octanol–water partition coefficient (Wildman–Crippen LogP) is 2.58. The number of nitrogens with zero attached hydrogens (tertiary/aromatic N) is 2. The molecular weight excluding hydrogens is 404 g/mol. The van der Waals surface area contributed by atoms with Gasteiger partial charge in [-0.2, -0.15) is 4.31 Å². The summed E-state index contributed by atoms with van der Waals surface area (Å²) in [4.78, 5) is 26.7. The number of aryl methyl sites for hydroxylation is 2.